The van der Waals surface area contributed by atoms with Crippen LogP contribution in [0.2, 0.25) is 0 Å². The van der Waals surface area contributed by atoms with Crippen LogP contribution in [0.4, 0.5) is 4.79 Å². The quantitative estimate of drug-likeness (QED) is 0.309. The standard InChI is InChI=1S/C16H37N5O/c1-5-9-10-20-15(22)21-14-16(11-17-6-2,12-18-7-3)13-19-8-4/h17-19H,5-14H2,1-4H3,(H2,20,21,22). The molecule has 5 N–H and O–H groups in total. The number of carbonyl (C=O) groups excluding carboxylic acids is 1. The van der Waals surface area contributed by atoms with Gasteiger partial charge in [-0.15, -0.1) is 0 Å². The Labute approximate surface area is 136 Å². The molecule has 6 heteroatoms. The Kier molecular flexibility index (Phi) is 13.3. The molecule has 0 spiro atoms. The number of carbonyl (C=O) groups is 1. The largest absolute Gasteiger partial charge is 0.338 e. The molecule has 22 heavy (non-hydrogen) atoms. The first-order valence-corrected chi connectivity index (χ1v) is 8.78. The molecule has 0 aliphatic heterocycles. The lowest BCUT2D eigenvalue weighted by atomic mass is 9.87. The summed E-state index contributed by atoms with van der Waals surface area (Å²) in [6.07, 6.45) is 2.11. The third-order valence-electron chi connectivity index (χ3n) is 3.69. The van der Waals surface area contributed by atoms with Crippen LogP contribution in [0.5, 0.6) is 0 Å². The molecule has 0 atom stereocenters. The van der Waals surface area contributed by atoms with Crippen LogP contribution in [0.25, 0.3) is 0 Å². The zero-order valence-corrected chi connectivity index (χ0v) is 15.0. The molecular weight excluding hydrogens is 278 g/mol. The highest BCUT2D eigenvalue weighted by Gasteiger charge is 2.29. The Morgan fingerprint density at radius 1 is 0.773 bits per heavy atom. The van der Waals surface area contributed by atoms with Gasteiger partial charge in [0.2, 0.25) is 0 Å². The molecule has 0 heterocycles. The number of amides is 2. The molecule has 0 aliphatic rings. The third kappa shape index (κ3) is 9.97. The van der Waals surface area contributed by atoms with Crippen molar-refractivity contribution in [3.8, 4) is 0 Å². The van der Waals surface area contributed by atoms with Crippen molar-refractivity contribution >= 4 is 6.03 Å². The molecule has 0 aliphatic carbocycles. The van der Waals surface area contributed by atoms with Crippen molar-refractivity contribution in [1.82, 2.24) is 26.6 Å². The van der Waals surface area contributed by atoms with Crippen molar-refractivity contribution in [2.75, 3.05) is 52.4 Å². The van der Waals surface area contributed by atoms with E-state index in [0.29, 0.717) is 6.54 Å². The number of hydrogen-bond acceptors (Lipinski definition) is 4. The van der Waals surface area contributed by atoms with E-state index < -0.39 is 0 Å². The highest BCUT2D eigenvalue weighted by molar-refractivity contribution is 5.73. The molecule has 0 fully saturated rings. The Bertz CT molecular complexity index is 251. The van der Waals surface area contributed by atoms with Gasteiger partial charge in [-0.2, -0.15) is 0 Å². The highest BCUT2D eigenvalue weighted by Crippen LogP contribution is 2.13. The van der Waals surface area contributed by atoms with E-state index in [9.17, 15) is 4.79 Å². The number of nitrogens with one attached hydrogen (secondary N) is 5. The van der Waals surface area contributed by atoms with Crippen LogP contribution in [-0.2, 0) is 0 Å². The lowest BCUT2D eigenvalue weighted by Crippen LogP contribution is -2.55. The average molecular weight is 316 g/mol. The maximum absolute atomic E-state index is 11.9. The topological polar surface area (TPSA) is 77.2 Å². The lowest BCUT2D eigenvalue weighted by molar-refractivity contribution is 0.217. The molecular formula is C16H37N5O. The van der Waals surface area contributed by atoms with Gasteiger partial charge in [0.15, 0.2) is 0 Å². The summed E-state index contributed by atoms with van der Waals surface area (Å²) in [7, 11) is 0. The molecule has 0 saturated heterocycles. The van der Waals surface area contributed by atoms with E-state index in [0.717, 1.165) is 58.7 Å². The van der Waals surface area contributed by atoms with Gasteiger partial charge in [0.25, 0.3) is 0 Å². The van der Waals surface area contributed by atoms with Gasteiger partial charge in [0.1, 0.15) is 0 Å². The summed E-state index contributed by atoms with van der Waals surface area (Å²) in [4.78, 5) is 11.9. The molecule has 0 aromatic rings. The fraction of sp³-hybridized carbons (Fsp3) is 0.938. The minimum absolute atomic E-state index is 0.0237. The number of unbranched alkanes of at least 4 members (excludes halogenated alkanes) is 1. The smallest absolute Gasteiger partial charge is 0.314 e. The summed E-state index contributed by atoms with van der Waals surface area (Å²) in [6.45, 7) is 15.3. The van der Waals surface area contributed by atoms with Crippen molar-refractivity contribution in [1.29, 1.82) is 0 Å². The predicted molar refractivity (Wildman–Crippen MR) is 94.4 cm³/mol. The van der Waals surface area contributed by atoms with Crippen LogP contribution < -0.4 is 26.6 Å². The van der Waals surface area contributed by atoms with Crippen LogP contribution in [0, 0.1) is 5.41 Å². The number of rotatable bonds is 14. The molecule has 6 nitrogen and oxygen atoms in total. The molecule has 0 aromatic carbocycles. The Morgan fingerprint density at radius 3 is 1.68 bits per heavy atom. The van der Waals surface area contributed by atoms with E-state index in [4.69, 9.17) is 0 Å². The van der Waals surface area contributed by atoms with Gasteiger partial charge in [-0.3, -0.25) is 0 Å². The van der Waals surface area contributed by atoms with E-state index >= 15 is 0 Å². The zero-order valence-electron chi connectivity index (χ0n) is 15.0. The SMILES string of the molecule is CCCCNC(=O)NCC(CNCC)(CNCC)CNCC. The predicted octanol–water partition coefficient (Wildman–Crippen LogP) is 0.901. The molecule has 0 aromatic heterocycles. The molecule has 2 amide bonds. The first-order chi connectivity index (χ1) is 10.6. The minimum atomic E-state index is -0.0673. The van der Waals surface area contributed by atoms with Gasteiger partial charge in [-0.05, 0) is 26.1 Å². The second-order valence-corrected chi connectivity index (χ2v) is 5.80. The molecule has 0 rings (SSSR count). The molecule has 0 saturated carbocycles. The van der Waals surface area contributed by atoms with E-state index in [2.05, 4.69) is 54.3 Å². The second kappa shape index (κ2) is 13.8. The average Bonchev–Trinajstić information content (AvgIpc) is 2.54. The molecule has 0 unspecified atom stereocenters. The maximum atomic E-state index is 11.9. The lowest BCUT2D eigenvalue weighted by Gasteiger charge is -2.35. The van der Waals surface area contributed by atoms with Gasteiger partial charge in [0.05, 0.1) is 0 Å². The fourth-order valence-corrected chi connectivity index (χ4v) is 2.25. The van der Waals surface area contributed by atoms with Gasteiger partial charge >= 0.3 is 6.03 Å². The van der Waals surface area contributed by atoms with Crippen LogP contribution >= 0.6 is 0 Å². The number of hydrogen-bond donors (Lipinski definition) is 5. The van der Waals surface area contributed by atoms with Gasteiger partial charge < -0.3 is 26.6 Å². The van der Waals surface area contributed by atoms with E-state index in [1.807, 2.05) is 0 Å². The molecule has 0 bridgehead atoms. The normalized spacial score (nSPS) is 11.5. The van der Waals surface area contributed by atoms with Crippen LogP contribution in [-0.4, -0.2) is 58.4 Å². The highest BCUT2D eigenvalue weighted by atomic mass is 16.2. The second-order valence-electron chi connectivity index (χ2n) is 5.80. The van der Waals surface area contributed by atoms with E-state index in [1.165, 1.54) is 0 Å². The van der Waals surface area contributed by atoms with Crippen LogP contribution in [0.3, 0.4) is 0 Å². The van der Waals surface area contributed by atoms with Crippen molar-refractivity contribution in [2.45, 2.75) is 40.5 Å². The monoisotopic (exact) mass is 315 g/mol. The Balaban J connectivity index is 4.53. The third-order valence-corrected chi connectivity index (χ3v) is 3.69. The molecule has 132 valence electrons. The van der Waals surface area contributed by atoms with Crippen LogP contribution in [0.1, 0.15) is 40.5 Å². The van der Waals surface area contributed by atoms with Gasteiger partial charge in [0, 0.05) is 38.1 Å². The summed E-state index contributed by atoms with van der Waals surface area (Å²) in [5.41, 5.74) is -0.0237. The maximum Gasteiger partial charge on any atom is 0.314 e. The zero-order chi connectivity index (χ0) is 16.7. The minimum Gasteiger partial charge on any atom is -0.338 e. The van der Waals surface area contributed by atoms with Crippen molar-refractivity contribution < 1.29 is 4.79 Å². The molecule has 0 radical (unpaired) electrons. The Hall–Kier alpha value is -0.850. The summed E-state index contributed by atoms with van der Waals surface area (Å²) in [5.74, 6) is 0. The van der Waals surface area contributed by atoms with Crippen molar-refractivity contribution in [3.05, 3.63) is 0 Å². The summed E-state index contributed by atoms with van der Waals surface area (Å²) in [5, 5.41) is 16.2. The summed E-state index contributed by atoms with van der Waals surface area (Å²) in [6, 6.07) is -0.0673. The van der Waals surface area contributed by atoms with Gasteiger partial charge in [-0.25, -0.2) is 4.79 Å². The summed E-state index contributed by atoms with van der Waals surface area (Å²) >= 11 is 0. The summed E-state index contributed by atoms with van der Waals surface area (Å²) < 4.78 is 0. The fourth-order valence-electron chi connectivity index (χ4n) is 2.25. The Morgan fingerprint density at radius 2 is 1.27 bits per heavy atom. The van der Waals surface area contributed by atoms with Crippen molar-refractivity contribution in [3.63, 3.8) is 0 Å². The van der Waals surface area contributed by atoms with Crippen molar-refractivity contribution in [2.24, 2.45) is 5.41 Å². The number of urea groups is 1. The van der Waals surface area contributed by atoms with Crippen LogP contribution in [0.15, 0.2) is 0 Å². The van der Waals surface area contributed by atoms with E-state index in [1.54, 1.807) is 0 Å². The first kappa shape index (κ1) is 21.1. The van der Waals surface area contributed by atoms with E-state index in [-0.39, 0.29) is 11.4 Å². The van der Waals surface area contributed by atoms with Gasteiger partial charge in [-0.1, -0.05) is 34.1 Å². The first-order valence-electron chi connectivity index (χ1n) is 8.78.